The zero-order valence-electron chi connectivity index (χ0n) is 12.0. The minimum absolute atomic E-state index is 0.0822. The van der Waals surface area contributed by atoms with E-state index in [1.807, 2.05) is 0 Å². The van der Waals surface area contributed by atoms with E-state index < -0.39 is 0 Å². The Morgan fingerprint density at radius 2 is 1.90 bits per heavy atom. The Kier molecular flexibility index (Phi) is 6.32. The molecule has 0 bridgehead atoms. The quantitative estimate of drug-likeness (QED) is 0.542. The van der Waals surface area contributed by atoms with Gasteiger partial charge in [-0.25, -0.2) is 0 Å². The van der Waals surface area contributed by atoms with Gasteiger partial charge in [0.25, 0.3) is 0 Å². The summed E-state index contributed by atoms with van der Waals surface area (Å²) in [6.07, 6.45) is 0. The lowest BCUT2D eigenvalue weighted by atomic mass is 9.99. The van der Waals surface area contributed by atoms with Crippen molar-refractivity contribution >= 4 is 59.1 Å². The van der Waals surface area contributed by atoms with E-state index in [0.717, 1.165) is 35.5 Å². The summed E-state index contributed by atoms with van der Waals surface area (Å²) in [6, 6.07) is 6.44. The summed E-state index contributed by atoms with van der Waals surface area (Å²) in [5.41, 5.74) is 3.50. The summed E-state index contributed by atoms with van der Waals surface area (Å²) in [6.45, 7) is 5.05. The lowest BCUT2D eigenvalue weighted by Crippen LogP contribution is -2.22. The van der Waals surface area contributed by atoms with E-state index in [1.54, 1.807) is 18.4 Å². The Labute approximate surface area is 154 Å². The fourth-order valence-electron chi connectivity index (χ4n) is 2.21. The molecular formula is C15H16Br3NOS. The third kappa shape index (κ3) is 3.91. The van der Waals surface area contributed by atoms with Crippen LogP contribution < -0.4 is 10.1 Å². The standard InChI is InChI=1S/C15H16Br3NOS/c1-4-19-14(10-7-13(17)21-15(10)18)9-6-11(16)8(2)5-12(9)20-3/h5-7,14,19H,4H2,1-3H3. The average molecular weight is 498 g/mol. The summed E-state index contributed by atoms with van der Waals surface area (Å²) in [5, 5.41) is 3.55. The Balaban J connectivity index is 2.57. The van der Waals surface area contributed by atoms with Crippen LogP contribution in [-0.2, 0) is 0 Å². The van der Waals surface area contributed by atoms with Gasteiger partial charge in [-0.3, -0.25) is 0 Å². The first-order valence-electron chi connectivity index (χ1n) is 6.50. The number of hydrogen-bond donors (Lipinski definition) is 1. The minimum Gasteiger partial charge on any atom is -0.496 e. The van der Waals surface area contributed by atoms with Crippen molar-refractivity contribution in [2.75, 3.05) is 13.7 Å². The zero-order valence-corrected chi connectivity index (χ0v) is 17.5. The zero-order chi connectivity index (χ0) is 15.6. The Hall–Kier alpha value is 0.120. The van der Waals surface area contributed by atoms with E-state index in [0.29, 0.717) is 0 Å². The molecule has 2 aromatic rings. The molecule has 0 aliphatic carbocycles. The topological polar surface area (TPSA) is 21.3 Å². The van der Waals surface area contributed by atoms with Gasteiger partial charge >= 0.3 is 0 Å². The maximum atomic E-state index is 5.59. The molecule has 1 aromatic heterocycles. The molecule has 2 nitrogen and oxygen atoms in total. The number of halogens is 3. The molecule has 1 heterocycles. The van der Waals surface area contributed by atoms with E-state index in [2.05, 4.69) is 85.2 Å². The van der Waals surface area contributed by atoms with Gasteiger partial charge in [-0.05, 0) is 74.7 Å². The first-order valence-corrected chi connectivity index (χ1v) is 9.69. The maximum Gasteiger partial charge on any atom is 0.124 e. The van der Waals surface area contributed by atoms with Crippen molar-refractivity contribution in [2.24, 2.45) is 0 Å². The predicted molar refractivity (Wildman–Crippen MR) is 101 cm³/mol. The molecule has 1 atom stereocenters. The van der Waals surface area contributed by atoms with E-state index in [-0.39, 0.29) is 6.04 Å². The van der Waals surface area contributed by atoms with Gasteiger partial charge in [-0.2, -0.15) is 0 Å². The largest absolute Gasteiger partial charge is 0.496 e. The molecule has 0 aliphatic rings. The van der Waals surface area contributed by atoms with Gasteiger partial charge in [0.2, 0.25) is 0 Å². The molecular weight excluding hydrogens is 482 g/mol. The molecule has 0 aliphatic heterocycles. The molecule has 2 rings (SSSR count). The second kappa shape index (κ2) is 7.59. The average Bonchev–Trinajstić information content (AvgIpc) is 2.77. The molecule has 0 amide bonds. The molecule has 0 saturated heterocycles. The van der Waals surface area contributed by atoms with Gasteiger partial charge in [0.1, 0.15) is 5.75 Å². The number of ether oxygens (including phenoxy) is 1. The van der Waals surface area contributed by atoms with Gasteiger partial charge < -0.3 is 10.1 Å². The number of benzene rings is 1. The highest BCUT2D eigenvalue weighted by molar-refractivity contribution is 9.12. The van der Waals surface area contributed by atoms with E-state index in [1.165, 1.54) is 5.56 Å². The highest BCUT2D eigenvalue weighted by atomic mass is 79.9. The summed E-state index contributed by atoms with van der Waals surface area (Å²) in [7, 11) is 1.72. The highest BCUT2D eigenvalue weighted by Gasteiger charge is 2.22. The molecule has 21 heavy (non-hydrogen) atoms. The Morgan fingerprint density at radius 3 is 2.43 bits per heavy atom. The molecule has 0 spiro atoms. The number of methoxy groups -OCH3 is 1. The Bertz CT molecular complexity index is 642. The number of rotatable bonds is 5. The van der Waals surface area contributed by atoms with Crippen molar-refractivity contribution in [1.29, 1.82) is 0 Å². The SMILES string of the molecule is CCNC(c1cc(Br)c(C)cc1OC)c1cc(Br)sc1Br. The number of nitrogens with one attached hydrogen (secondary N) is 1. The van der Waals surface area contributed by atoms with Crippen molar-refractivity contribution in [3.8, 4) is 5.75 Å². The van der Waals surface area contributed by atoms with Crippen LogP contribution in [0.4, 0.5) is 0 Å². The molecule has 6 heteroatoms. The fraction of sp³-hybridized carbons (Fsp3) is 0.333. The van der Waals surface area contributed by atoms with Gasteiger partial charge in [0, 0.05) is 10.0 Å². The third-order valence-corrected chi connectivity index (χ3v) is 6.46. The van der Waals surface area contributed by atoms with E-state index in [4.69, 9.17) is 4.74 Å². The van der Waals surface area contributed by atoms with Crippen LogP contribution in [-0.4, -0.2) is 13.7 Å². The summed E-state index contributed by atoms with van der Waals surface area (Å²) < 4.78 is 8.91. The predicted octanol–water partition coefficient (Wildman–Crippen LogP) is 6.05. The van der Waals surface area contributed by atoms with Crippen LogP contribution in [0.5, 0.6) is 5.75 Å². The molecule has 1 N–H and O–H groups in total. The molecule has 1 unspecified atom stereocenters. The fourth-order valence-corrected chi connectivity index (χ4v) is 5.48. The molecule has 0 saturated carbocycles. The summed E-state index contributed by atoms with van der Waals surface area (Å²) in [4.78, 5) is 0. The van der Waals surface area contributed by atoms with Gasteiger partial charge in [-0.1, -0.05) is 22.9 Å². The molecule has 0 radical (unpaired) electrons. The summed E-state index contributed by atoms with van der Waals surface area (Å²) >= 11 is 12.5. The van der Waals surface area contributed by atoms with Crippen molar-refractivity contribution in [2.45, 2.75) is 19.9 Å². The van der Waals surface area contributed by atoms with Crippen molar-refractivity contribution < 1.29 is 4.74 Å². The van der Waals surface area contributed by atoms with Crippen LogP contribution >= 0.6 is 59.1 Å². The summed E-state index contributed by atoms with van der Waals surface area (Å²) in [5.74, 6) is 0.899. The molecule has 1 aromatic carbocycles. The van der Waals surface area contributed by atoms with Crippen molar-refractivity contribution in [3.63, 3.8) is 0 Å². The van der Waals surface area contributed by atoms with E-state index >= 15 is 0 Å². The first-order chi connectivity index (χ1) is 9.97. The Morgan fingerprint density at radius 1 is 1.19 bits per heavy atom. The number of aryl methyl sites for hydroxylation is 1. The normalized spacial score (nSPS) is 12.5. The van der Waals surface area contributed by atoms with Crippen LogP contribution in [0.25, 0.3) is 0 Å². The van der Waals surface area contributed by atoms with Crippen LogP contribution in [0.15, 0.2) is 30.2 Å². The van der Waals surface area contributed by atoms with Crippen LogP contribution in [0.3, 0.4) is 0 Å². The second-order valence-corrected chi connectivity index (χ2v) is 9.22. The van der Waals surface area contributed by atoms with E-state index in [9.17, 15) is 0 Å². The molecule has 114 valence electrons. The van der Waals surface area contributed by atoms with Crippen molar-refractivity contribution in [1.82, 2.24) is 5.32 Å². The lowest BCUT2D eigenvalue weighted by Gasteiger charge is -2.22. The monoisotopic (exact) mass is 495 g/mol. The molecule has 0 fully saturated rings. The van der Waals surface area contributed by atoms with Gasteiger partial charge in [0.15, 0.2) is 0 Å². The van der Waals surface area contributed by atoms with Crippen LogP contribution in [0.2, 0.25) is 0 Å². The minimum atomic E-state index is 0.0822. The van der Waals surface area contributed by atoms with Crippen molar-refractivity contribution in [3.05, 3.63) is 46.9 Å². The number of hydrogen-bond acceptors (Lipinski definition) is 3. The van der Waals surface area contributed by atoms with Crippen LogP contribution in [0, 0.1) is 6.92 Å². The highest BCUT2D eigenvalue weighted by Crippen LogP contribution is 2.41. The smallest absolute Gasteiger partial charge is 0.124 e. The lowest BCUT2D eigenvalue weighted by molar-refractivity contribution is 0.404. The van der Waals surface area contributed by atoms with Gasteiger partial charge in [-0.15, -0.1) is 11.3 Å². The van der Waals surface area contributed by atoms with Gasteiger partial charge in [0.05, 0.1) is 20.7 Å². The number of thiophene rings is 1. The van der Waals surface area contributed by atoms with Crippen LogP contribution in [0.1, 0.15) is 29.7 Å². The second-order valence-electron chi connectivity index (χ2n) is 4.61. The maximum absolute atomic E-state index is 5.59. The first kappa shape index (κ1) is 17.5. The third-order valence-electron chi connectivity index (χ3n) is 3.22.